The lowest BCUT2D eigenvalue weighted by Crippen LogP contribution is -2.58. The third kappa shape index (κ3) is 4.45. The summed E-state index contributed by atoms with van der Waals surface area (Å²) < 4.78 is 0. The fraction of sp³-hybridized carbons (Fsp3) is 0.938. The highest BCUT2D eigenvalue weighted by atomic mass is 16.2. The number of hydrogen-bond acceptors (Lipinski definition) is 3. The summed E-state index contributed by atoms with van der Waals surface area (Å²) in [7, 11) is 0. The normalized spacial score (nSPS) is 26.8. The maximum absolute atomic E-state index is 12.0. The molecule has 0 heterocycles. The number of nitrogens with zero attached hydrogens (tertiary/aromatic N) is 1. The summed E-state index contributed by atoms with van der Waals surface area (Å²) in [5.41, 5.74) is 6.18. The third-order valence-corrected chi connectivity index (χ3v) is 4.87. The van der Waals surface area contributed by atoms with Crippen LogP contribution in [0.3, 0.4) is 0 Å². The Hall–Kier alpha value is -0.610. The van der Waals surface area contributed by atoms with E-state index in [2.05, 4.69) is 24.1 Å². The Balaban J connectivity index is 2.72. The Morgan fingerprint density at radius 1 is 1.30 bits per heavy atom. The Kier molecular flexibility index (Phi) is 7.52. The van der Waals surface area contributed by atoms with Gasteiger partial charge in [0, 0.05) is 18.6 Å². The quantitative estimate of drug-likeness (QED) is 0.717. The minimum absolute atomic E-state index is 0.0484. The Bertz CT molecular complexity index is 285. The molecule has 20 heavy (non-hydrogen) atoms. The number of likely N-dealkylation sites (N-methyl/N-ethyl adjacent to an activating group) is 1. The van der Waals surface area contributed by atoms with Crippen molar-refractivity contribution in [3.05, 3.63) is 0 Å². The fourth-order valence-corrected chi connectivity index (χ4v) is 3.45. The van der Waals surface area contributed by atoms with Gasteiger partial charge in [0.1, 0.15) is 0 Å². The topological polar surface area (TPSA) is 58.4 Å². The minimum Gasteiger partial charge on any atom is -0.355 e. The van der Waals surface area contributed by atoms with Crippen molar-refractivity contribution in [3.8, 4) is 0 Å². The summed E-state index contributed by atoms with van der Waals surface area (Å²) in [6, 6.07) is 0. The molecule has 0 radical (unpaired) electrons. The lowest BCUT2D eigenvalue weighted by Gasteiger charge is -2.47. The van der Waals surface area contributed by atoms with Gasteiger partial charge in [-0.3, -0.25) is 9.69 Å². The van der Waals surface area contributed by atoms with E-state index in [0.717, 1.165) is 31.7 Å². The van der Waals surface area contributed by atoms with Crippen molar-refractivity contribution >= 4 is 5.91 Å². The van der Waals surface area contributed by atoms with E-state index in [9.17, 15) is 4.79 Å². The van der Waals surface area contributed by atoms with Gasteiger partial charge in [0.15, 0.2) is 0 Å². The molecule has 0 atom stereocenters. The zero-order chi connectivity index (χ0) is 15.0. The molecule has 0 saturated heterocycles. The first-order chi connectivity index (χ1) is 9.61. The molecule has 1 amide bonds. The van der Waals surface area contributed by atoms with Gasteiger partial charge in [-0.15, -0.1) is 0 Å². The summed E-state index contributed by atoms with van der Waals surface area (Å²) in [6.07, 6.45) is 7.12. The number of amides is 1. The van der Waals surface area contributed by atoms with Crippen LogP contribution in [-0.2, 0) is 4.79 Å². The lowest BCUT2D eigenvalue weighted by atomic mass is 9.74. The van der Waals surface area contributed by atoms with E-state index < -0.39 is 0 Å². The van der Waals surface area contributed by atoms with Crippen molar-refractivity contribution in [2.45, 2.75) is 64.8 Å². The molecule has 0 unspecified atom stereocenters. The SMILES string of the molecule is CCCN(CC(=O)NCC)C1(CN)CCC(CC)CC1. The summed E-state index contributed by atoms with van der Waals surface area (Å²) in [6.45, 7) is 9.24. The molecule has 4 nitrogen and oxygen atoms in total. The van der Waals surface area contributed by atoms with Crippen LogP contribution < -0.4 is 11.1 Å². The van der Waals surface area contributed by atoms with E-state index in [1.807, 2.05) is 6.92 Å². The first-order valence-electron chi connectivity index (χ1n) is 8.33. The standard InChI is InChI=1S/C16H33N3O/c1-4-11-19(12-15(20)18-6-3)16(13-17)9-7-14(5-2)8-10-16/h14H,4-13,17H2,1-3H3,(H,18,20). The van der Waals surface area contributed by atoms with E-state index in [-0.39, 0.29) is 11.4 Å². The smallest absolute Gasteiger partial charge is 0.234 e. The predicted molar refractivity (Wildman–Crippen MR) is 84.6 cm³/mol. The highest BCUT2D eigenvalue weighted by molar-refractivity contribution is 5.78. The van der Waals surface area contributed by atoms with Gasteiger partial charge in [-0.25, -0.2) is 0 Å². The molecular formula is C16H33N3O. The average molecular weight is 283 g/mol. The molecule has 4 heteroatoms. The second kappa shape index (κ2) is 8.63. The van der Waals surface area contributed by atoms with Crippen LogP contribution >= 0.6 is 0 Å². The number of hydrogen-bond donors (Lipinski definition) is 2. The van der Waals surface area contributed by atoms with Gasteiger partial charge in [-0.2, -0.15) is 0 Å². The van der Waals surface area contributed by atoms with Gasteiger partial charge >= 0.3 is 0 Å². The lowest BCUT2D eigenvalue weighted by molar-refractivity contribution is -0.124. The molecule has 0 bridgehead atoms. The molecule has 1 aliphatic carbocycles. The van der Waals surface area contributed by atoms with Crippen LogP contribution in [0.1, 0.15) is 59.3 Å². The Labute approximate surface area is 124 Å². The Morgan fingerprint density at radius 3 is 2.40 bits per heavy atom. The second-order valence-corrected chi connectivity index (χ2v) is 6.16. The molecule has 0 aromatic heterocycles. The second-order valence-electron chi connectivity index (χ2n) is 6.16. The zero-order valence-corrected chi connectivity index (χ0v) is 13.6. The average Bonchev–Trinajstić information content (AvgIpc) is 2.47. The number of nitrogens with two attached hydrogens (primary N) is 1. The van der Waals surface area contributed by atoms with Crippen molar-refractivity contribution in [1.82, 2.24) is 10.2 Å². The minimum atomic E-state index is 0.0484. The van der Waals surface area contributed by atoms with Crippen LogP contribution in [0.4, 0.5) is 0 Å². The van der Waals surface area contributed by atoms with Crippen molar-refractivity contribution in [2.75, 3.05) is 26.2 Å². The number of carbonyl (C=O) groups is 1. The van der Waals surface area contributed by atoms with Crippen LogP contribution in [0.15, 0.2) is 0 Å². The van der Waals surface area contributed by atoms with E-state index in [4.69, 9.17) is 5.73 Å². The maximum atomic E-state index is 12.0. The molecule has 3 N–H and O–H groups in total. The van der Waals surface area contributed by atoms with Crippen molar-refractivity contribution < 1.29 is 4.79 Å². The summed E-state index contributed by atoms with van der Waals surface area (Å²) >= 11 is 0. The summed E-state index contributed by atoms with van der Waals surface area (Å²) in [4.78, 5) is 14.3. The van der Waals surface area contributed by atoms with Gasteiger partial charge in [0.05, 0.1) is 6.54 Å². The number of rotatable bonds is 8. The van der Waals surface area contributed by atoms with E-state index >= 15 is 0 Å². The molecule has 0 aromatic rings. The number of nitrogens with one attached hydrogen (secondary N) is 1. The van der Waals surface area contributed by atoms with Gasteiger partial charge in [-0.1, -0.05) is 20.3 Å². The van der Waals surface area contributed by atoms with E-state index in [1.54, 1.807) is 0 Å². The molecule has 1 fully saturated rings. The van der Waals surface area contributed by atoms with Gasteiger partial charge < -0.3 is 11.1 Å². The van der Waals surface area contributed by atoms with Crippen LogP contribution in [0.5, 0.6) is 0 Å². The monoisotopic (exact) mass is 283 g/mol. The molecule has 0 aromatic carbocycles. The van der Waals surface area contributed by atoms with Crippen LogP contribution in [0.2, 0.25) is 0 Å². The van der Waals surface area contributed by atoms with Crippen molar-refractivity contribution in [2.24, 2.45) is 11.7 Å². The molecule has 1 rings (SSSR count). The van der Waals surface area contributed by atoms with Crippen LogP contribution in [-0.4, -0.2) is 42.5 Å². The predicted octanol–water partition coefficient (Wildman–Crippen LogP) is 2.13. The zero-order valence-electron chi connectivity index (χ0n) is 13.6. The molecule has 0 spiro atoms. The van der Waals surface area contributed by atoms with Crippen LogP contribution in [0.25, 0.3) is 0 Å². The molecule has 1 aliphatic rings. The van der Waals surface area contributed by atoms with E-state index in [1.165, 1.54) is 19.3 Å². The molecule has 1 saturated carbocycles. The third-order valence-electron chi connectivity index (χ3n) is 4.87. The first-order valence-corrected chi connectivity index (χ1v) is 8.33. The molecule has 118 valence electrons. The van der Waals surface area contributed by atoms with Crippen LogP contribution in [0, 0.1) is 5.92 Å². The largest absolute Gasteiger partial charge is 0.355 e. The maximum Gasteiger partial charge on any atom is 0.234 e. The summed E-state index contributed by atoms with van der Waals surface area (Å²) in [5, 5.41) is 2.91. The van der Waals surface area contributed by atoms with Gasteiger partial charge in [-0.05, 0) is 51.5 Å². The highest BCUT2D eigenvalue weighted by Crippen LogP contribution is 2.37. The van der Waals surface area contributed by atoms with Crippen molar-refractivity contribution in [1.29, 1.82) is 0 Å². The first kappa shape index (κ1) is 17.4. The number of carbonyl (C=O) groups excluding carboxylic acids is 1. The molecular weight excluding hydrogens is 250 g/mol. The Morgan fingerprint density at radius 2 is 1.95 bits per heavy atom. The van der Waals surface area contributed by atoms with Gasteiger partial charge in [0.25, 0.3) is 0 Å². The van der Waals surface area contributed by atoms with E-state index in [0.29, 0.717) is 19.6 Å². The summed E-state index contributed by atoms with van der Waals surface area (Å²) in [5.74, 6) is 0.981. The highest BCUT2D eigenvalue weighted by Gasteiger charge is 2.39. The molecule has 0 aliphatic heterocycles. The van der Waals surface area contributed by atoms with Gasteiger partial charge in [0.2, 0.25) is 5.91 Å². The fourth-order valence-electron chi connectivity index (χ4n) is 3.45. The van der Waals surface area contributed by atoms with Crippen molar-refractivity contribution in [3.63, 3.8) is 0 Å².